The van der Waals surface area contributed by atoms with Crippen LogP contribution in [-0.4, -0.2) is 8.42 Å². The molecular formula is C15H16NO2S. The molecule has 0 heterocycles. The van der Waals surface area contributed by atoms with Crippen LogP contribution in [0.5, 0.6) is 0 Å². The lowest BCUT2D eigenvalue weighted by Gasteiger charge is -2.09. The fourth-order valence-electron chi connectivity index (χ4n) is 1.70. The van der Waals surface area contributed by atoms with Gasteiger partial charge in [-0.25, -0.2) is 8.42 Å². The average molecular weight is 274 g/mol. The van der Waals surface area contributed by atoms with E-state index in [-0.39, 0.29) is 4.90 Å². The van der Waals surface area contributed by atoms with Crippen molar-refractivity contribution < 1.29 is 8.42 Å². The van der Waals surface area contributed by atoms with E-state index in [2.05, 4.69) is 24.6 Å². The van der Waals surface area contributed by atoms with E-state index in [4.69, 9.17) is 0 Å². The van der Waals surface area contributed by atoms with Crippen LogP contribution in [0.15, 0.2) is 53.4 Å². The number of rotatable bonds is 4. The molecule has 0 spiro atoms. The Morgan fingerprint density at radius 2 is 1.79 bits per heavy atom. The van der Waals surface area contributed by atoms with Gasteiger partial charge in [0.15, 0.2) is 0 Å². The monoisotopic (exact) mass is 274 g/mol. The van der Waals surface area contributed by atoms with E-state index in [0.29, 0.717) is 11.6 Å². The third kappa shape index (κ3) is 3.35. The van der Waals surface area contributed by atoms with Crippen LogP contribution >= 0.6 is 0 Å². The van der Waals surface area contributed by atoms with Gasteiger partial charge in [0.05, 0.1) is 4.90 Å². The summed E-state index contributed by atoms with van der Waals surface area (Å²) in [5.74, 6) is 0.383. The minimum absolute atomic E-state index is 0.265. The van der Waals surface area contributed by atoms with Gasteiger partial charge in [-0.2, -0.15) is 0 Å². The third-order valence-corrected chi connectivity index (χ3v) is 4.21. The van der Waals surface area contributed by atoms with Crippen molar-refractivity contribution in [2.75, 3.05) is 4.72 Å². The maximum absolute atomic E-state index is 12.2. The molecule has 0 atom stereocenters. The smallest absolute Gasteiger partial charge is 0.261 e. The zero-order valence-corrected chi connectivity index (χ0v) is 11.7. The predicted octanol–water partition coefficient (Wildman–Crippen LogP) is 3.41. The van der Waals surface area contributed by atoms with Crippen molar-refractivity contribution in [3.63, 3.8) is 0 Å². The average Bonchev–Trinajstić information content (AvgIpc) is 2.39. The number of hydrogen-bond acceptors (Lipinski definition) is 2. The lowest BCUT2D eigenvalue weighted by Crippen LogP contribution is -2.12. The van der Waals surface area contributed by atoms with Gasteiger partial charge in [-0.3, -0.25) is 4.72 Å². The van der Waals surface area contributed by atoms with Crippen LogP contribution in [0, 0.1) is 6.07 Å². The summed E-state index contributed by atoms with van der Waals surface area (Å²) >= 11 is 0. The van der Waals surface area contributed by atoms with Crippen molar-refractivity contribution >= 4 is 15.7 Å². The molecule has 0 aromatic heterocycles. The molecule has 2 aromatic rings. The van der Waals surface area contributed by atoms with E-state index in [1.165, 1.54) is 0 Å². The van der Waals surface area contributed by atoms with E-state index < -0.39 is 10.0 Å². The SMILES string of the molecule is CC(C)c1ccc(S(=O)(=O)Nc2c[c]ccc2)cc1. The number of anilines is 1. The summed E-state index contributed by atoms with van der Waals surface area (Å²) in [6.07, 6.45) is 0. The normalized spacial score (nSPS) is 11.5. The second-order valence-corrected chi connectivity index (χ2v) is 6.30. The summed E-state index contributed by atoms with van der Waals surface area (Å²) in [7, 11) is -3.53. The molecule has 2 rings (SSSR count). The summed E-state index contributed by atoms with van der Waals surface area (Å²) in [4.78, 5) is 0.265. The van der Waals surface area contributed by atoms with Gasteiger partial charge in [0.1, 0.15) is 0 Å². The van der Waals surface area contributed by atoms with Gasteiger partial charge >= 0.3 is 0 Å². The lowest BCUT2D eigenvalue weighted by atomic mass is 10.0. The summed E-state index contributed by atoms with van der Waals surface area (Å²) in [6, 6.07) is 16.5. The molecule has 2 aromatic carbocycles. The van der Waals surface area contributed by atoms with Crippen LogP contribution in [0.25, 0.3) is 0 Å². The summed E-state index contributed by atoms with van der Waals surface area (Å²) in [5, 5.41) is 0. The second-order valence-electron chi connectivity index (χ2n) is 4.62. The Labute approximate surface area is 114 Å². The van der Waals surface area contributed by atoms with Gasteiger partial charge < -0.3 is 0 Å². The Kier molecular flexibility index (Phi) is 3.90. The van der Waals surface area contributed by atoms with E-state index in [1.807, 2.05) is 12.1 Å². The highest BCUT2D eigenvalue weighted by molar-refractivity contribution is 7.92. The van der Waals surface area contributed by atoms with E-state index in [0.717, 1.165) is 5.56 Å². The topological polar surface area (TPSA) is 46.2 Å². The van der Waals surface area contributed by atoms with Gasteiger partial charge in [0.25, 0.3) is 10.0 Å². The first-order valence-corrected chi connectivity index (χ1v) is 7.56. The largest absolute Gasteiger partial charge is 0.280 e. The van der Waals surface area contributed by atoms with Crippen molar-refractivity contribution in [3.05, 3.63) is 60.2 Å². The second kappa shape index (κ2) is 5.45. The van der Waals surface area contributed by atoms with Crippen LogP contribution in [0.2, 0.25) is 0 Å². The molecule has 0 fully saturated rings. The van der Waals surface area contributed by atoms with Crippen LogP contribution in [0.3, 0.4) is 0 Å². The molecule has 0 aliphatic heterocycles. The third-order valence-electron chi connectivity index (χ3n) is 2.82. The molecule has 1 N–H and O–H groups in total. The van der Waals surface area contributed by atoms with Crippen molar-refractivity contribution in [2.24, 2.45) is 0 Å². The molecule has 99 valence electrons. The predicted molar refractivity (Wildman–Crippen MR) is 76.6 cm³/mol. The molecule has 0 amide bonds. The molecule has 0 unspecified atom stereocenters. The summed E-state index contributed by atoms with van der Waals surface area (Å²) < 4.78 is 26.8. The number of hydrogen-bond donors (Lipinski definition) is 1. The molecule has 19 heavy (non-hydrogen) atoms. The zero-order valence-electron chi connectivity index (χ0n) is 10.9. The van der Waals surface area contributed by atoms with Gasteiger partial charge in [-0.05, 0) is 41.8 Å². The number of sulfonamides is 1. The molecular weight excluding hydrogens is 258 g/mol. The Morgan fingerprint density at radius 1 is 1.11 bits per heavy atom. The van der Waals surface area contributed by atoms with Crippen LogP contribution in [0.1, 0.15) is 25.3 Å². The maximum Gasteiger partial charge on any atom is 0.261 e. The van der Waals surface area contributed by atoms with Crippen molar-refractivity contribution in [3.8, 4) is 0 Å². The maximum atomic E-state index is 12.2. The first-order valence-electron chi connectivity index (χ1n) is 6.08. The van der Waals surface area contributed by atoms with Gasteiger partial charge in [0.2, 0.25) is 0 Å². The molecule has 1 radical (unpaired) electrons. The van der Waals surface area contributed by atoms with Gasteiger partial charge in [-0.15, -0.1) is 0 Å². The van der Waals surface area contributed by atoms with Crippen molar-refractivity contribution in [1.29, 1.82) is 0 Å². The molecule has 0 bridgehead atoms. The van der Waals surface area contributed by atoms with Crippen LogP contribution in [-0.2, 0) is 10.0 Å². The van der Waals surface area contributed by atoms with Crippen LogP contribution < -0.4 is 4.72 Å². The van der Waals surface area contributed by atoms with Crippen molar-refractivity contribution in [1.82, 2.24) is 0 Å². The molecule has 3 nitrogen and oxygen atoms in total. The van der Waals surface area contributed by atoms with E-state index in [9.17, 15) is 8.42 Å². The van der Waals surface area contributed by atoms with E-state index in [1.54, 1.807) is 36.4 Å². The first kappa shape index (κ1) is 13.6. The standard InChI is InChI=1S/C15H16NO2S/c1-12(2)13-8-10-15(11-9-13)19(17,18)16-14-6-4-3-5-7-14/h3-4,6-12,16H,1-2H3. The van der Waals surface area contributed by atoms with E-state index >= 15 is 0 Å². The highest BCUT2D eigenvalue weighted by Crippen LogP contribution is 2.19. The Hall–Kier alpha value is -1.81. The highest BCUT2D eigenvalue weighted by atomic mass is 32.2. The number of nitrogens with one attached hydrogen (secondary N) is 1. The highest BCUT2D eigenvalue weighted by Gasteiger charge is 2.14. The minimum atomic E-state index is -3.53. The van der Waals surface area contributed by atoms with Gasteiger partial charge in [-0.1, -0.05) is 38.1 Å². The Morgan fingerprint density at radius 3 is 2.32 bits per heavy atom. The van der Waals surface area contributed by atoms with Crippen LogP contribution in [0.4, 0.5) is 5.69 Å². The summed E-state index contributed by atoms with van der Waals surface area (Å²) in [5.41, 5.74) is 1.63. The Balaban J connectivity index is 2.25. The molecule has 0 saturated heterocycles. The molecule has 0 aliphatic carbocycles. The quantitative estimate of drug-likeness (QED) is 0.928. The molecule has 4 heteroatoms. The van der Waals surface area contributed by atoms with Gasteiger partial charge in [0, 0.05) is 5.69 Å². The first-order chi connectivity index (χ1) is 8.99. The fraction of sp³-hybridized carbons (Fsp3) is 0.200. The Bertz CT molecular complexity index is 632. The zero-order chi connectivity index (χ0) is 13.9. The lowest BCUT2D eigenvalue weighted by molar-refractivity contribution is 0.601. The van der Waals surface area contributed by atoms with Crippen molar-refractivity contribution in [2.45, 2.75) is 24.7 Å². The summed E-state index contributed by atoms with van der Waals surface area (Å²) in [6.45, 7) is 4.14. The molecule has 0 aliphatic rings. The minimum Gasteiger partial charge on any atom is -0.280 e. The molecule has 0 saturated carbocycles. The number of benzene rings is 2. The fourth-order valence-corrected chi connectivity index (χ4v) is 2.75.